The summed E-state index contributed by atoms with van der Waals surface area (Å²) in [4.78, 5) is 14.1. The molecular weight excluding hydrogens is 487 g/mol. The van der Waals surface area contributed by atoms with Gasteiger partial charge in [-0.2, -0.15) is 13.2 Å². The Morgan fingerprint density at radius 3 is 2.50 bits per heavy atom. The third-order valence-corrected chi connectivity index (χ3v) is 9.79. The summed E-state index contributed by atoms with van der Waals surface area (Å²) < 4.78 is 64.7. The summed E-state index contributed by atoms with van der Waals surface area (Å²) in [5, 5.41) is 0.716. The van der Waals surface area contributed by atoms with Crippen LogP contribution in [0.25, 0.3) is 10.2 Å². The maximum atomic E-state index is 12.8. The first kappa shape index (κ1) is 24.2. The van der Waals surface area contributed by atoms with Crippen molar-refractivity contribution in [1.29, 1.82) is 0 Å². The van der Waals surface area contributed by atoms with E-state index >= 15 is 0 Å². The zero-order valence-corrected chi connectivity index (χ0v) is 20.8. The fourth-order valence-electron chi connectivity index (χ4n) is 5.74. The van der Waals surface area contributed by atoms with Gasteiger partial charge in [0.15, 0.2) is 0 Å². The molecule has 3 fully saturated rings. The molecule has 0 amide bonds. The van der Waals surface area contributed by atoms with E-state index in [1.165, 1.54) is 6.33 Å². The van der Waals surface area contributed by atoms with Crippen LogP contribution in [0.5, 0.6) is 0 Å². The number of hydrogen-bond acceptors (Lipinski definition) is 7. The second-order valence-corrected chi connectivity index (χ2v) is 13.3. The van der Waals surface area contributed by atoms with E-state index in [1.54, 1.807) is 13.0 Å². The first-order chi connectivity index (χ1) is 16.0. The minimum atomic E-state index is -4.23. The van der Waals surface area contributed by atoms with Crippen molar-refractivity contribution in [1.82, 2.24) is 19.6 Å². The number of fused-ring (bicyclic) bond motifs is 1. The molecule has 0 aromatic carbocycles. The van der Waals surface area contributed by atoms with Crippen molar-refractivity contribution in [3.05, 3.63) is 17.3 Å². The number of thiophene rings is 1. The van der Waals surface area contributed by atoms with Crippen LogP contribution in [0, 0.1) is 11.3 Å². The summed E-state index contributed by atoms with van der Waals surface area (Å²) in [6, 6.07) is 1.67. The average molecular weight is 518 g/mol. The Morgan fingerprint density at radius 2 is 1.85 bits per heavy atom. The third-order valence-electron chi connectivity index (χ3n) is 7.29. The Morgan fingerprint density at radius 1 is 1.15 bits per heavy atom. The molecule has 0 atom stereocenters. The van der Waals surface area contributed by atoms with Gasteiger partial charge in [-0.25, -0.2) is 23.1 Å². The van der Waals surface area contributed by atoms with E-state index < -0.39 is 22.6 Å². The number of sulfonamides is 1. The van der Waals surface area contributed by atoms with E-state index in [2.05, 4.69) is 24.5 Å². The molecular formula is C22H30F3N5O2S2. The number of nitrogens with one attached hydrogen (secondary N) is 1. The molecule has 1 saturated carbocycles. The van der Waals surface area contributed by atoms with Crippen molar-refractivity contribution in [2.75, 3.05) is 43.4 Å². The summed E-state index contributed by atoms with van der Waals surface area (Å²) in [6.07, 6.45) is 0.176. The number of halogens is 3. The molecule has 2 aromatic rings. The number of rotatable bonds is 7. The second-order valence-electron chi connectivity index (χ2n) is 10.2. The highest BCUT2D eigenvalue weighted by Crippen LogP contribution is 2.44. The Kier molecular flexibility index (Phi) is 6.31. The fraction of sp³-hybridized carbons (Fsp3) is 0.727. The van der Waals surface area contributed by atoms with Crippen LogP contribution in [0.15, 0.2) is 12.4 Å². The summed E-state index contributed by atoms with van der Waals surface area (Å²) >= 11 is 1.09. The Bertz CT molecular complexity index is 1130. The van der Waals surface area contributed by atoms with Gasteiger partial charge in [-0.3, -0.25) is 0 Å². The molecule has 2 aromatic heterocycles. The molecule has 188 valence electrons. The van der Waals surface area contributed by atoms with Gasteiger partial charge in [-0.1, -0.05) is 0 Å². The number of alkyl halides is 3. The van der Waals surface area contributed by atoms with Crippen LogP contribution in [-0.4, -0.2) is 74.0 Å². The highest BCUT2D eigenvalue weighted by molar-refractivity contribution is 7.89. The van der Waals surface area contributed by atoms with E-state index in [9.17, 15) is 21.6 Å². The number of hydrogen-bond donors (Lipinski definition) is 1. The van der Waals surface area contributed by atoms with Crippen LogP contribution in [0.1, 0.15) is 37.5 Å². The highest BCUT2D eigenvalue weighted by atomic mass is 32.2. The molecule has 0 unspecified atom stereocenters. The summed E-state index contributed by atoms with van der Waals surface area (Å²) in [6.45, 7) is 6.51. The molecule has 2 saturated heterocycles. The second kappa shape index (κ2) is 8.86. The lowest BCUT2D eigenvalue weighted by Gasteiger charge is -2.61. The van der Waals surface area contributed by atoms with Crippen molar-refractivity contribution in [3.63, 3.8) is 0 Å². The number of aromatic nitrogens is 2. The topological polar surface area (TPSA) is 78.4 Å². The SMILES string of the molecule is CCS(=O)(=O)N[C@H]1CC[C@H](CN2CC3(C2)CN(c2ncnc4sc(CC(F)(F)F)cc24)C3)CC1. The van der Waals surface area contributed by atoms with Crippen molar-refractivity contribution in [3.8, 4) is 0 Å². The number of nitrogens with zero attached hydrogens (tertiary/aromatic N) is 4. The molecule has 4 heterocycles. The first-order valence-electron chi connectivity index (χ1n) is 11.8. The van der Waals surface area contributed by atoms with Gasteiger partial charge in [-0.05, 0) is 44.6 Å². The predicted octanol–water partition coefficient (Wildman–Crippen LogP) is 3.42. The first-order valence-corrected chi connectivity index (χ1v) is 14.3. The molecule has 1 N–H and O–H groups in total. The summed E-state index contributed by atoms with van der Waals surface area (Å²) in [5.74, 6) is 1.48. The average Bonchev–Trinajstić information content (AvgIpc) is 3.10. The van der Waals surface area contributed by atoms with E-state index in [1.807, 2.05) is 0 Å². The van der Waals surface area contributed by atoms with Crippen LogP contribution in [-0.2, 0) is 16.4 Å². The highest BCUT2D eigenvalue weighted by Gasteiger charge is 2.52. The molecule has 1 spiro atoms. The number of anilines is 1. The Labute approximate surface area is 201 Å². The van der Waals surface area contributed by atoms with Crippen molar-refractivity contribution in [2.24, 2.45) is 11.3 Å². The molecule has 2 aliphatic heterocycles. The van der Waals surface area contributed by atoms with Gasteiger partial charge in [0.1, 0.15) is 17.0 Å². The molecule has 0 bridgehead atoms. The van der Waals surface area contributed by atoms with Crippen molar-refractivity contribution in [2.45, 2.75) is 51.2 Å². The van der Waals surface area contributed by atoms with Crippen LogP contribution in [0.2, 0.25) is 0 Å². The molecule has 1 aliphatic carbocycles. The monoisotopic (exact) mass is 517 g/mol. The molecule has 5 rings (SSSR count). The zero-order chi connectivity index (χ0) is 24.1. The van der Waals surface area contributed by atoms with Crippen molar-refractivity contribution >= 4 is 37.4 Å². The van der Waals surface area contributed by atoms with Crippen LogP contribution in [0.4, 0.5) is 19.0 Å². The zero-order valence-electron chi connectivity index (χ0n) is 19.1. The smallest absolute Gasteiger partial charge is 0.355 e. The standard InChI is InChI=1S/C22H30F3N5O2S2/c1-2-34(31,32)28-16-5-3-15(4-6-16)9-29-10-21(11-29)12-30(13-21)19-18-7-17(8-22(23,24)25)33-20(18)27-14-26-19/h7,14-16,28H,2-6,8-13H2,1H3/t15-,16-. The lowest BCUT2D eigenvalue weighted by atomic mass is 9.72. The van der Waals surface area contributed by atoms with Crippen LogP contribution >= 0.6 is 11.3 Å². The predicted molar refractivity (Wildman–Crippen MR) is 127 cm³/mol. The quantitative estimate of drug-likeness (QED) is 0.607. The largest absolute Gasteiger partial charge is 0.393 e. The minimum absolute atomic E-state index is 0.0718. The fourth-order valence-corrected chi connectivity index (χ4v) is 7.67. The van der Waals surface area contributed by atoms with Gasteiger partial charge in [0.2, 0.25) is 10.0 Å². The van der Waals surface area contributed by atoms with E-state index in [4.69, 9.17) is 0 Å². The van der Waals surface area contributed by atoms with Gasteiger partial charge in [0.25, 0.3) is 0 Å². The summed E-state index contributed by atoms with van der Waals surface area (Å²) in [7, 11) is -3.14. The van der Waals surface area contributed by atoms with E-state index in [0.29, 0.717) is 16.1 Å². The lowest BCUT2D eigenvalue weighted by molar-refractivity contribution is -0.126. The van der Waals surface area contributed by atoms with E-state index in [-0.39, 0.29) is 22.1 Å². The minimum Gasteiger partial charge on any atom is -0.355 e. The Balaban J connectivity index is 1.10. The van der Waals surface area contributed by atoms with Crippen LogP contribution < -0.4 is 9.62 Å². The van der Waals surface area contributed by atoms with E-state index in [0.717, 1.165) is 75.6 Å². The van der Waals surface area contributed by atoms with Gasteiger partial charge < -0.3 is 9.80 Å². The molecule has 0 radical (unpaired) electrons. The lowest BCUT2D eigenvalue weighted by Crippen LogP contribution is -2.72. The van der Waals surface area contributed by atoms with Gasteiger partial charge in [0.05, 0.1) is 17.6 Å². The number of likely N-dealkylation sites (tertiary alicyclic amines) is 1. The van der Waals surface area contributed by atoms with Gasteiger partial charge in [-0.15, -0.1) is 11.3 Å². The molecule has 12 heteroatoms. The normalized spacial score (nSPS) is 25.5. The molecule has 3 aliphatic rings. The van der Waals surface area contributed by atoms with Gasteiger partial charge >= 0.3 is 6.18 Å². The van der Waals surface area contributed by atoms with Crippen LogP contribution in [0.3, 0.4) is 0 Å². The maximum absolute atomic E-state index is 12.8. The summed E-state index contributed by atoms with van der Waals surface area (Å²) in [5.41, 5.74) is 0.246. The third kappa shape index (κ3) is 5.19. The molecule has 34 heavy (non-hydrogen) atoms. The van der Waals surface area contributed by atoms with Crippen molar-refractivity contribution < 1.29 is 21.6 Å². The Hall–Kier alpha value is -1.50. The molecule has 7 nitrogen and oxygen atoms in total. The van der Waals surface area contributed by atoms with Gasteiger partial charge in [0, 0.05) is 49.1 Å². The maximum Gasteiger partial charge on any atom is 0.393 e.